The molecular formula is C15H19N3. The van der Waals surface area contributed by atoms with E-state index in [0.29, 0.717) is 0 Å². The first-order valence-electron chi connectivity index (χ1n) is 6.26. The highest BCUT2D eigenvalue weighted by Crippen LogP contribution is 2.26. The molecule has 1 heterocycles. The number of hydrogen-bond acceptors (Lipinski definition) is 3. The molecule has 0 atom stereocenters. The molecule has 94 valence electrons. The summed E-state index contributed by atoms with van der Waals surface area (Å²) in [5.74, 6) is 0.918. The molecule has 0 bridgehead atoms. The molecule has 18 heavy (non-hydrogen) atoms. The number of anilines is 1. The Morgan fingerprint density at radius 2 is 1.67 bits per heavy atom. The van der Waals surface area contributed by atoms with Gasteiger partial charge in [0.15, 0.2) is 0 Å². The van der Waals surface area contributed by atoms with Crippen molar-refractivity contribution in [3.05, 3.63) is 41.2 Å². The topological polar surface area (TPSA) is 37.8 Å². The van der Waals surface area contributed by atoms with Gasteiger partial charge in [-0.05, 0) is 39.8 Å². The standard InChI is InChI=1S/C15H19N3/c1-5-16-15-12(4)14(17-9-18-15)13-7-10(2)6-11(3)8-13/h6-9H,5H2,1-4H3,(H,16,17,18). The number of hydrogen-bond donors (Lipinski definition) is 1. The van der Waals surface area contributed by atoms with Gasteiger partial charge in [0.25, 0.3) is 0 Å². The summed E-state index contributed by atoms with van der Waals surface area (Å²) < 4.78 is 0. The van der Waals surface area contributed by atoms with Crippen LogP contribution in [0.3, 0.4) is 0 Å². The minimum atomic E-state index is 0.865. The van der Waals surface area contributed by atoms with E-state index in [2.05, 4.69) is 61.2 Å². The third kappa shape index (κ3) is 2.50. The molecule has 0 aliphatic rings. The molecule has 0 spiro atoms. The maximum Gasteiger partial charge on any atom is 0.132 e. The van der Waals surface area contributed by atoms with Crippen LogP contribution in [0.1, 0.15) is 23.6 Å². The first kappa shape index (κ1) is 12.6. The van der Waals surface area contributed by atoms with Crippen LogP contribution in [-0.4, -0.2) is 16.5 Å². The highest BCUT2D eigenvalue weighted by atomic mass is 15.0. The van der Waals surface area contributed by atoms with Gasteiger partial charge in [0.05, 0.1) is 5.69 Å². The zero-order chi connectivity index (χ0) is 13.1. The van der Waals surface area contributed by atoms with Crippen LogP contribution in [-0.2, 0) is 0 Å². The van der Waals surface area contributed by atoms with Crippen molar-refractivity contribution in [3.63, 3.8) is 0 Å². The average Bonchev–Trinajstić information content (AvgIpc) is 2.31. The number of nitrogens with one attached hydrogen (secondary N) is 1. The van der Waals surface area contributed by atoms with E-state index in [0.717, 1.165) is 29.2 Å². The van der Waals surface area contributed by atoms with Crippen molar-refractivity contribution in [1.29, 1.82) is 0 Å². The maximum absolute atomic E-state index is 4.42. The molecule has 1 aromatic heterocycles. The lowest BCUT2D eigenvalue weighted by molar-refractivity contribution is 1.09. The van der Waals surface area contributed by atoms with Gasteiger partial charge in [0.2, 0.25) is 0 Å². The lowest BCUT2D eigenvalue weighted by Gasteiger charge is -2.11. The van der Waals surface area contributed by atoms with Gasteiger partial charge in [-0.15, -0.1) is 0 Å². The van der Waals surface area contributed by atoms with Gasteiger partial charge >= 0.3 is 0 Å². The molecule has 0 saturated carbocycles. The first-order chi connectivity index (χ1) is 8.61. The second kappa shape index (κ2) is 5.17. The second-order valence-corrected chi connectivity index (χ2v) is 4.60. The average molecular weight is 241 g/mol. The molecule has 0 saturated heterocycles. The van der Waals surface area contributed by atoms with Crippen LogP contribution >= 0.6 is 0 Å². The van der Waals surface area contributed by atoms with Crippen molar-refractivity contribution in [2.45, 2.75) is 27.7 Å². The second-order valence-electron chi connectivity index (χ2n) is 4.60. The van der Waals surface area contributed by atoms with Crippen LogP contribution < -0.4 is 5.32 Å². The number of aromatic nitrogens is 2. The molecule has 0 amide bonds. The van der Waals surface area contributed by atoms with Crippen LogP contribution in [0.5, 0.6) is 0 Å². The molecule has 2 aromatic rings. The fourth-order valence-electron chi connectivity index (χ4n) is 2.20. The summed E-state index contributed by atoms with van der Waals surface area (Å²) in [7, 11) is 0. The Balaban J connectivity index is 2.53. The minimum Gasteiger partial charge on any atom is -0.370 e. The van der Waals surface area contributed by atoms with E-state index in [1.807, 2.05) is 0 Å². The molecule has 0 fully saturated rings. The Morgan fingerprint density at radius 1 is 1.00 bits per heavy atom. The lowest BCUT2D eigenvalue weighted by Crippen LogP contribution is -2.03. The third-order valence-electron chi connectivity index (χ3n) is 2.92. The summed E-state index contributed by atoms with van der Waals surface area (Å²) in [6.07, 6.45) is 1.62. The molecule has 2 rings (SSSR count). The van der Waals surface area contributed by atoms with Crippen molar-refractivity contribution in [1.82, 2.24) is 9.97 Å². The van der Waals surface area contributed by atoms with Gasteiger partial charge in [0.1, 0.15) is 12.1 Å². The fraction of sp³-hybridized carbons (Fsp3) is 0.333. The summed E-state index contributed by atoms with van der Waals surface area (Å²) >= 11 is 0. The van der Waals surface area contributed by atoms with Crippen molar-refractivity contribution < 1.29 is 0 Å². The largest absolute Gasteiger partial charge is 0.370 e. The predicted molar refractivity (Wildman–Crippen MR) is 75.8 cm³/mol. The molecule has 0 aliphatic carbocycles. The van der Waals surface area contributed by atoms with Gasteiger partial charge in [-0.1, -0.05) is 17.2 Å². The van der Waals surface area contributed by atoms with E-state index < -0.39 is 0 Å². The fourth-order valence-corrected chi connectivity index (χ4v) is 2.20. The SMILES string of the molecule is CCNc1ncnc(-c2cc(C)cc(C)c2)c1C. The normalized spacial score (nSPS) is 10.4. The zero-order valence-electron chi connectivity index (χ0n) is 11.4. The molecule has 1 aromatic carbocycles. The minimum absolute atomic E-state index is 0.865. The van der Waals surface area contributed by atoms with Crippen LogP contribution in [0.2, 0.25) is 0 Å². The molecule has 1 N–H and O–H groups in total. The number of rotatable bonds is 3. The summed E-state index contributed by atoms with van der Waals surface area (Å²) in [4.78, 5) is 8.70. The van der Waals surface area contributed by atoms with Crippen LogP contribution in [0, 0.1) is 20.8 Å². The van der Waals surface area contributed by atoms with E-state index in [1.165, 1.54) is 11.1 Å². The van der Waals surface area contributed by atoms with Crippen molar-refractivity contribution >= 4 is 5.82 Å². The van der Waals surface area contributed by atoms with Crippen LogP contribution in [0.25, 0.3) is 11.3 Å². The Labute approximate surface area is 108 Å². The highest BCUT2D eigenvalue weighted by molar-refractivity contribution is 5.68. The monoisotopic (exact) mass is 241 g/mol. The molecular weight excluding hydrogens is 222 g/mol. The smallest absolute Gasteiger partial charge is 0.132 e. The lowest BCUT2D eigenvalue weighted by atomic mass is 10.0. The molecule has 3 nitrogen and oxygen atoms in total. The first-order valence-corrected chi connectivity index (χ1v) is 6.26. The van der Waals surface area contributed by atoms with E-state index >= 15 is 0 Å². The van der Waals surface area contributed by atoms with Crippen molar-refractivity contribution in [2.24, 2.45) is 0 Å². The molecule has 0 unspecified atom stereocenters. The summed E-state index contributed by atoms with van der Waals surface area (Å²) in [5, 5.41) is 3.26. The van der Waals surface area contributed by atoms with Gasteiger partial charge < -0.3 is 5.32 Å². The molecule has 0 radical (unpaired) electrons. The Kier molecular flexibility index (Phi) is 3.60. The predicted octanol–water partition coefficient (Wildman–Crippen LogP) is 3.50. The maximum atomic E-state index is 4.42. The van der Waals surface area contributed by atoms with Gasteiger partial charge in [-0.2, -0.15) is 0 Å². The summed E-state index contributed by atoms with van der Waals surface area (Å²) in [6.45, 7) is 9.21. The number of aryl methyl sites for hydroxylation is 2. The zero-order valence-corrected chi connectivity index (χ0v) is 11.4. The van der Waals surface area contributed by atoms with Crippen molar-refractivity contribution in [2.75, 3.05) is 11.9 Å². The third-order valence-corrected chi connectivity index (χ3v) is 2.92. The van der Waals surface area contributed by atoms with Crippen LogP contribution in [0.15, 0.2) is 24.5 Å². The van der Waals surface area contributed by atoms with E-state index in [-0.39, 0.29) is 0 Å². The van der Waals surface area contributed by atoms with E-state index in [9.17, 15) is 0 Å². The quantitative estimate of drug-likeness (QED) is 0.893. The van der Waals surface area contributed by atoms with Gasteiger partial charge in [-0.3, -0.25) is 0 Å². The van der Waals surface area contributed by atoms with Crippen molar-refractivity contribution in [3.8, 4) is 11.3 Å². The Morgan fingerprint density at radius 3 is 2.28 bits per heavy atom. The highest BCUT2D eigenvalue weighted by Gasteiger charge is 2.09. The Bertz CT molecular complexity index is 541. The summed E-state index contributed by atoms with van der Waals surface area (Å²) in [6, 6.07) is 6.50. The van der Waals surface area contributed by atoms with E-state index in [4.69, 9.17) is 0 Å². The summed E-state index contributed by atoms with van der Waals surface area (Å²) in [5.41, 5.74) is 5.78. The van der Waals surface area contributed by atoms with E-state index in [1.54, 1.807) is 6.33 Å². The number of benzene rings is 1. The van der Waals surface area contributed by atoms with Gasteiger partial charge in [-0.25, -0.2) is 9.97 Å². The molecule has 0 aliphatic heterocycles. The van der Waals surface area contributed by atoms with Crippen LogP contribution in [0.4, 0.5) is 5.82 Å². The Hall–Kier alpha value is -1.90. The number of nitrogens with zero attached hydrogens (tertiary/aromatic N) is 2. The molecule has 3 heteroatoms. The van der Waals surface area contributed by atoms with Gasteiger partial charge in [0, 0.05) is 17.7 Å².